The van der Waals surface area contributed by atoms with Crippen LogP contribution in [0, 0.1) is 0 Å². The van der Waals surface area contributed by atoms with Crippen LogP contribution >= 0.6 is 0 Å². The van der Waals surface area contributed by atoms with E-state index in [2.05, 4.69) is 30.6 Å². The van der Waals surface area contributed by atoms with Crippen molar-refractivity contribution in [2.45, 2.75) is 0 Å². The first kappa shape index (κ1) is 21.7. The van der Waals surface area contributed by atoms with Gasteiger partial charge in [0.25, 0.3) is 5.91 Å². The first-order chi connectivity index (χ1) is 17.7. The molecule has 36 heavy (non-hydrogen) atoms. The topological polar surface area (TPSA) is 100 Å². The fraction of sp³-hybridized carbons (Fsp3) is 0.148. The monoisotopic (exact) mass is 477 g/mol. The number of anilines is 3. The predicted molar refractivity (Wildman–Crippen MR) is 137 cm³/mol. The lowest BCUT2D eigenvalue weighted by Crippen LogP contribution is -2.49. The molecule has 0 radical (unpaired) electrons. The average Bonchev–Trinajstić information content (AvgIpc) is 3.38. The normalized spacial score (nSPS) is 13.7. The Kier molecular flexibility index (Phi) is 5.71. The lowest BCUT2D eigenvalue weighted by atomic mass is 10.1. The summed E-state index contributed by atoms with van der Waals surface area (Å²) in [6.45, 7) is 2.57. The van der Waals surface area contributed by atoms with Crippen molar-refractivity contribution >= 4 is 34.1 Å². The number of pyridine rings is 1. The van der Waals surface area contributed by atoms with Crippen LogP contribution in [-0.2, 0) is 0 Å². The zero-order chi connectivity index (χ0) is 24.3. The number of rotatable bonds is 5. The van der Waals surface area contributed by atoms with Crippen molar-refractivity contribution in [2.24, 2.45) is 0 Å². The number of hydrogen-bond acceptors (Lipinski definition) is 8. The van der Waals surface area contributed by atoms with Gasteiger partial charge in [0.15, 0.2) is 17.4 Å². The van der Waals surface area contributed by atoms with Gasteiger partial charge in [-0.15, -0.1) is 10.2 Å². The van der Waals surface area contributed by atoms with E-state index in [4.69, 9.17) is 4.52 Å². The Hall–Kier alpha value is -4.79. The van der Waals surface area contributed by atoms with E-state index in [-0.39, 0.29) is 5.91 Å². The van der Waals surface area contributed by atoms with Gasteiger partial charge in [-0.05, 0) is 42.5 Å². The molecule has 0 bridgehead atoms. The molecule has 3 aromatic heterocycles. The highest BCUT2D eigenvalue weighted by molar-refractivity contribution is 6.01. The molecule has 0 saturated carbocycles. The average molecular weight is 478 g/mol. The molecule has 9 heteroatoms. The number of piperazine rings is 1. The molecule has 1 aliphatic rings. The third-order valence-corrected chi connectivity index (χ3v) is 6.25. The second-order valence-corrected chi connectivity index (χ2v) is 8.53. The van der Waals surface area contributed by atoms with Crippen LogP contribution in [0.2, 0.25) is 0 Å². The van der Waals surface area contributed by atoms with E-state index < -0.39 is 0 Å². The summed E-state index contributed by atoms with van der Waals surface area (Å²) < 4.78 is 5.58. The molecule has 0 aliphatic carbocycles. The number of fused-ring (bicyclic) bond motifs is 1. The second kappa shape index (κ2) is 9.46. The van der Waals surface area contributed by atoms with E-state index >= 15 is 0 Å². The highest BCUT2D eigenvalue weighted by Gasteiger charge is 2.24. The van der Waals surface area contributed by atoms with Crippen molar-refractivity contribution in [3.8, 4) is 11.3 Å². The van der Waals surface area contributed by atoms with E-state index in [9.17, 15) is 4.79 Å². The molecule has 2 aromatic carbocycles. The Bertz CT molecular complexity index is 1480. The van der Waals surface area contributed by atoms with Gasteiger partial charge in [-0.2, -0.15) is 0 Å². The van der Waals surface area contributed by atoms with Gasteiger partial charge in [0.1, 0.15) is 5.52 Å². The standard InChI is InChI=1S/C27H23N7O2/c35-27(20-6-7-23-22(18-20)26(36-32-23)19-4-2-1-3-5-19)34-16-14-33(15-17-34)25-9-8-24(30-31-25)29-21-10-12-28-13-11-21/h1-13,18H,14-17H2,(H,28,29,30). The molecular formula is C27H23N7O2. The van der Waals surface area contributed by atoms with Crippen LogP contribution < -0.4 is 10.2 Å². The Morgan fingerprint density at radius 3 is 2.42 bits per heavy atom. The molecule has 6 rings (SSSR count). The third kappa shape index (κ3) is 4.34. The molecule has 0 atom stereocenters. The molecule has 0 spiro atoms. The van der Waals surface area contributed by atoms with Crippen molar-refractivity contribution in [3.05, 3.63) is 90.8 Å². The molecule has 178 valence electrons. The number of amides is 1. The number of carbonyl (C=O) groups excluding carboxylic acids is 1. The van der Waals surface area contributed by atoms with Gasteiger partial charge in [-0.25, -0.2) is 0 Å². The van der Waals surface area contributed by atoms with Crippen LogP contribution in [0.1, 0.15) is 10.4 Å². The highest BCUT2D eigenvalue weighted by Crippen LogP contribution is 2.29. The van der Waals surface area contributed by atoms with Gasteiger partial charge < -0.3 is 19.6 Å². The molecule has 1 saturated heterocycles. The molecule has 1 amide bonds. The fourth-order valence-electron chi connectivity index (χ4n) is 4.34. The Morgan fingerprint density at radius 2 is 1.67 bits per heavy atom. The van der Waals surface area contributed by atoms with Crippen LogP contribution in [0.25, 0.3) is 22.2 Å². The van der Waals surface area contributed by atoms with Crippen LogP contribution in [0.5, 0.6) is 0 Å². The highest BCUT2D eigenvalue weighted by atomic mass is 16.5. The molecule has 1 N–H and O–H groups in total. The van der Waals surface area contributed by atoms with Crippen LogP contribution in [0.15, 0.2) is 89.7 Å². The fourth-order valence-corrected chi connectivity index (χ4v) is 4.34. The Labute approximate surface area is 207 Å². The van der Waals surface area contributed by atoms with Crippen LogP contribution in [0.3, 0.4) is 0 Å². The Morgan fingerprint density at radius 1 is 0.861 bits per heavy atom. The summed E-state index contributed by atoms with van der Waals surface area (Å²) >= 11 is 0. The van der Waals surface area contributed by atoms with E-state index in [0.717, 1.165) is 28.0 Å². The van der Waals surface area contributed by atoms with Gasteiger partial charge in [0.05, 0.1) is 5.39 Å². The first-order valence-electron chi connectivity index (χ1n) is 11.7. The van der Waals surface area contributed by atoms with Gasteiger partial charge in [-0.1, -0.05) is 35.5 Å². The molecule has 4 heterocycles. The smallest absolute Gasteiger partial charge is 0.254 e. The Balaban J connectivity index is 1.12. The van der Waals surface area contributed by atoms with E-state index in [1.165, 1.54) is 0 Å². The number of nitrogens with zero attached hydrogens (tertiary/aromatic N) is 6. The summed E-state index contributed by atoms with van der Waals surface area (Å²) in [7, 11) is 0. The van der Waals surface area contributed by atoms with Crippen molar-refractivity contribution in [1.82, 2.24) is 25.2 Å². The minimum absolute atomic E-state index is 0.000236. The van der Waals surface area contributed by atoms with Gasteiger partial charge >= 0.3 is 0 Å². The van der Waals surface area contributed by atoms with Crippen molar-refractivity contribution in [1.29, 1.82) is 0 Å². The number of carbonyl (C=O) groups is 1. The zero-order valence-electron chi connectivity index (χ0n) is 19.4. The quantitative estimate of drug-likeness (QED) is 0.398. The van der Waals surface area contributed by atoms with E-state index in [1.54, 1.807) is 12.4 Å². The number of aromatic nitrogens is 4. The van der Waals surface area contributed by atoms with Gasteiger partial charge in [0, 0.05) is 55.4 Å². The lowest BCUT2D eigenvalue weighted by Gasteiger charge is -2.35. The summed E-state index contributed by atoms with van der Waals surface area (Å²) in [5.74, 6) is 2.13. The first-order valence-corrected chi connectivity index (χ1v) is 11.7. The maximum atomic E-state index is 13.3. The summed E-state index contributed by atoms with van der Waals surface area (Å²) in [5, 5.41) is 16.9. The minimum atomic E-state index is -0.000236. The maximum Gasteiger partial charge on any atom is 0.254 e. The van der Waals surface area contributed by atoms with Crippen LogP contribution in [0.4, 0.5) is 17.3 Å². The number of nitrogens with one attached hydrogen (secondary N) is 1. The second-order valence-electron chi connectivity index (χ2n) is 8.53. The van der Waals surface area contributed by atoms with Crippen LogP contribution in [-0.4, -0.2) is 57.3 Å². The molecule has 1 fully saturated rings. The van der Waals surface area contributed by atoms with Crippen molar-refractivity contribution in [3.63, 3.8) is 0 Å². The van der Waals surface area contributed by atoms with E-state index in [1.807, 2.05) is 77.7 Å². The molecule has 9 nitrogen and oxygen atoms in total. The third-order valence-electron chi connectivity index (χ3n) is 6.25. The van der Waals surface area contributed by atoms with Gasteiger partial charge in [-0.3, -0.25) is 9.78 Å². The van der Waals surface area contributed by atoms with E-state index in [0.29, 0.717) is 43.3 Å². The SMILES string of the molecule is O=C(c1ccc2noc(-c3ccccc3)c2c1)N1CCN(c2ccc(Nc3ccncc3)nn2)CC1. The lowest BCUT2D eigenvalue weighted by molar-refractivity contribution is 0.0746. The summed E-state index contributed by atoms with van der Waals surface area (Å²) in [6.07, 6.45) is 3.44. The summed E-state index contributed by atoms with van der Waals surface area (Å²) in [5.41, 5.74) is 3.19. The largest absolute Gasteiger partial charge is 0.355 e. The number of benzene rings is 2. The molecular weight excluding hydrogens is 454 g/mol. The van der Waals surface area contributed by atoms with Gasteiger partial charge in [0.2, 0.25) is 0 Å². The number of hydrogen-bond donors (Lipinski definition) is 1. The summed E-state index contributed by atoms with van der Waals surface area (Å²) in [6, 6.07) is 22.9. The maximum absolute atomic E-state index is 13.3. The zero-order valence-corrected chi connectivity index (χ0v) is 19.4. The summed E-state index contributed by atoms with van der Waals surface area (Å²) in [4.78, 5) is 21.3. The molecule has 1 aliphatic heterocycles. The predicted octanol–water partition coefficient (Wildman–Crippen LogP) is 4.39. The van der Waals surface area contributed by atoms with Crippen molar-refractivity contribution in [2.75, 3.05) is 36.4 Å². The van der Waals surface area contributed by atoms with Crippen molar-refractivity contribution < 1.29 is 9.32 Å². The molecule has 0 unspecified atom stereocenters. The molecule has 5 aromatic rings. The minimum Gasteiger partial charge on any atom is -0.355 e.